The van der Waals surface area contributed by atoms with Crippen molar-refractivity contribution in [2.45, 2.75) is 19.4 Å². The zero-order valence-corrected chi connectivity index (χ0v) is 9.83. The molecule has 4 nitrogen and oxygen atoms in total. The molecular formula is C10H13BrN2O2. The monoisotopic (exact) mass is 272 g/mol. The van der Waals surface area contributed by atoms with Crippen LogP contribution in [0.2, 0.25) is 0 Å². The Kier molecular flexibility index (Phi) is 5.28. The molecule has 1 aromatic heterocycles. The molecule has 0 spiro atoms. The second kappa shape index (κ2) is 6.53. The third kappa shape index (κ3) is 5.49. The van der Waals surface area contributed by atoms with Gasteiger partial charge >= 0.3 is 5.97 Å². The van der Waals surface area contributed by atoms with E-state index in [0.717, 1.165) is 10.2 Å². The van der Waals surface area contributed by atoms with E-state index in [1.54, 1.807) is 6.20 Å². The Labute approximate surface area is 96.8 Å². The average Bonchev–Trinajstić information content (AvgIpc) is 2.20. The smallest absolute Gasteiger partial charge is 0.303 e. The van der Waals surface area contributed by atoms with Crippen LogP contribution in [-0.4, -0.2) is 22.6 Å². The third-order valence-electron chi connectivity index (χ3n) is 1.84. The molecule has 0 saturated heterocycles. The van der Waals surface area contributed by atoms with Crippen molar-refractivity contribution in [2.24, 2.45) is 0 Å². The van der Waals surface area contributed by atoms with Gasteiger partial charge in [-0.25, -0.2) is 0 Å². The summed E-state index contributed by atoms with van der Waals surface area (Å²) >= 11 is 3.31. The van der Waals surface area contributed by atoms with Crippen molar-refractivity contribution in [1.29, 1.82) is 0 Å². The molecule has 0 atom stereocenters. The van der Waals surface area contributed by atoms with Crippen LogP contribution < -0.4 is 5.32 Å². The lowest BCUT2D eigenvalue weighted by atomic mass is 10.3. The molecule has 0 bridgehead atoms. The maximum Gasteiger partial charge on any atom is 0.303 e. The summed E-state index contributed by atoms with van der Waals surface area (Å²) in [6.07, 6.45) is 2.60. The molecule has 82 valence electrons. The van der Waals surface area contributed by atoms with Gasteiger partial charge in [-0.15, -0.1) is 0 Å². The topological polar surface area (TPSA) is 62.2 Å². The Hall–Kier alpha value is -0.940. The Morgan fingerprint density at radius 2 is 2.33 bits per heavy atom. The van der Waals surface area contributed by atoms with Gasteiger partial charge in [0.1, 0.15) is 0 Å². The van der Waals surface area contributed by atoms with Gasteiger partial charge in [-0.2, -0.15) is 0 Å². The Morgan fingerprint density at radius 1 is 1.53 bits per heavy atom. The zero-order chi connectivity index (χ0) is 11.1. The number of aromatic nitrogens is 1. The lowest BCUT2D eigenvalue weighted by molar-refractivity contribution is -0.137. The van der Waals surface area contributed by atoms with Crippen molar-refractivity contribution < 1.29 is 9.90 Å². The highest BCUT2D eigenvalue weighted by Gasteiger charge is 1.97. The van der Waals surface area contributed by atoms with Crippen LogP contribution in [0.25, 0.3) is 0 Å². The highest BCUT2D eigenvalue weighted by molar-refractivity contribution is 9.10. The second-order valence-corrected chi connectivity index (χ2v) is 4.06. The summed E-state index contributed by atoms with van der Waals surface area (Å²) in [4.78, 5) is 14.4. The van der Waals surface area contributed by atoms with Crippen LogP contribution >= 0.6 is 15.9 Å². The van der Waals surface area contributed by atoms with Gasteiger partial charge in [-0.3, -0.25) is 9.78 Å². The SMILES string of the molecule is O=C(O)CCCNCc1ccc(Br)cn1. The lowest BCUT2D eigenvalue weighted by Crippen LogP contribution is -2.16. The molecule has 0 fully saturated rings. The van der Waals surface area contributed by atoms with Gasteiger partial charge in [-0.1, -0.05) is 0 Å². The molecule has 0 aliphatic heterocycles. The largest absolute Gasteiger partial charge is 0.481 e. The van der Waals surface area contributed by atoms with Crippen LogP contribution in [-0.2, 0) is 11.3 Å². The van der Waals surface area contributed by atoms with E-state index in [9.17, 15) is 4.79 Å². The molecule has 5 heteroatoms. The van der Waals surface area contributed by atoms with Crippen LogP contribution in [0.5, 0.6) is 0 Å². The molecule has 0 saturated carbocycles. The van der Waals surface area contributed by atoms with Crippen molar-refractivity contribution in [3.05, 3.63) is 28.5 Å². The predicted molar refractivity (Wildman–Crippen MR) is 60.5 cm³/mol. The van der Waals surface area contributed by atoms with Crippen LogP contribution in [0.1, 0.15) is 18.5 Å². The number of carboxylic acid groups (broad SMARTS) is 1. The first-order valence-electron chi connectivity index (χ1n) is 4.71. The Balaban J connectivity index is 2.15. The molecule has 1 heterocycles. The molecule has 0 unspecified atom stereocenters. The number of aliphatic carboxylic acids is 1. The first kappa shape index (κ1) is 12.1. The normalized spacial score (nSPS) is 10.2. The molecule has 0 aliphatic carbocycles. The van der Waals surface area contributed by atoms with Gasteiger partial charge in [0.05, 0.1) is 5.69 Å². The predicted octanol–water partition coefficient (Wildman–Crippen LogP) is 1.80. The number of halogens is 1. The zero-order valence-electron chi connectivity index (χ0n) is 8.24. The average molecular weight is 273 g/mol. The number of carboxylic acids is 1. The molecule has 0 aromatic carbocycles. The number of hydrogen-bond donors (Lipinski definition) is 2. The van der Waals surface area contributed by atoms with E-state index in [2.05, 4.69) is 26.2 Å². The summed E-state index contributed by atoms with van der Waals surface area (Å²) in [6.45, 7) is 1.37. The van der Waals surface area contributed by atoms with Gasteiger partial charge < -0.3 is 10.4 Å². The first-order chi connectivity index (χ1) is 7.18. The van der Waals surface area contributed by atoms with Crippen LogP contribution in [0, 0.1) is 0 Å². The second-order valence-electron chi connectivity index (χ2n) is 3.14. The van der Waals surface area contributed by atoms with E-state index in [1.807, 2.05) is 12.1 Å². The summed E-state index contributed by atoms with van der Waals surface area (Å²) < 4.78 is 0.956. The van der Waals surface area contributed by atoms with E-state index in [0.29, 0.717) is 19.5 Å². The van der Waals surface area contributed by atoms with Crippen LogP contribution in [0.3, 0.4) is 0 Å². The van der Waals surface area contributed by atoms with Gasteiger partial charge in [0.15, 0.2) is 0 Å². The van der Waals surface area contributed by atoms with Crippen molar-refractivity contribution in [3.8, 4) is 0 Å². The van der Waals surface area contributed by atoms with E-state index < -0.39 is 5.97 Å². The number of nitrogens with zero attached hydrogens (tertiary/aromatic N) is 1. The number of hydrogen-bond acceptors (Lipinski definition) is 3. The fourth-order valence-corrected chi connectivity index (χ4v) is 1.33. The summed E-state index contributed by atoms with van der Waals surface area (Å²) in [6, 6.07) is 3.86. The summed E-state index contributed by atoms with van der Waals surface area (Å²) in [5.74, 6) is -0.751. The highest BCUT2D eigenvalue weighted by Crippen LogP contribution is 2.06. The summed E-state index contributed by atoms with van der Waals surface area (Å²) in [7, 11) is 0. The van der Waals surface area contributed by atoms with Crippen molar-refractivity contribution in [2.75, 3.05) is 6.54 Å². The van der Waals surface area contributed by atoms with Gasteiger partial charge in [0.25, 0.3) is 0 Å². The van der Waals surface area contributed by atoms with E-state index in [-0.39, 0.29) is 6.42 Å². The lowest BCUT2D eigenvalue weighted by Gasteiger charge is -2.02. The molecule has 15 heavy (non-hydrogen) atoms. The van der Waals surface area contributed by atoms with Gasteiger partial charge in [-0.05, 0) is 41.0 Å². The van der Waals surface area contributed by atoms with E-state index >= 15 is 0 Å². The van der Waals surface area contributed by atoms with Crippen LogP contribution in [0.15, 0.2) is 22.8 Å². The van der Waals surface area contributed by atoms with Gasteiger partial charge in [0, 0.05) is 23.6 Å². The third-order valence-corrected chi connectivity index (χ3v) is 2.31. The standard InChI is InChI=1S/C10H13BrN2O2/c11-8-3-4-9(13-6-8)7-12-5-1-2-10(14)15/h3-4,6,12H,1-2,5,7H2,(H,14,15). The molecular weight excluding hydrogens is 260 g/mol. The van der Waals surface area contributed by atoms with E-state index in [1.165, 1.54) is 0 Å². The fraction of sp³-hybridized carbons (Fsp3) is 0.400. The maximum absolute atomic E-state index is 10.2. The van der Waals surface area contributed by atoms with Crippen molar-refractivity contribution >= 4 is 21.9 Å². The maximum atomic E-state index is 10.2. The Morgan fingerprint density at radius 3 is 2.93 bits per heavy atom. The molecule has 1 rings (SSSR count). The van der Waals surface area contributed by atoms with Gasteiger partial charge in [0.2, 0.25) is 0 Å². The first-order valence-corrected chi connectivity index (χ1v) is 5.51. The number of rotatable bonds is 6. The van der Waals surface area contributed by atoms with Crippen molar-refractivity contribution in [1.82, 2.24) is 10.3 Å². The molecule has 0 amide bonds. The number of pyridine rings is 1. The van der Waals surface area contributed by atoms with Crippen molar-refractivity contribution in [3.63, 3.8) is 0 Å². The highest BCUT2D eigenvalue weighted by atomic mass is 79.9. The minimum absolute atomic E-state index is 0.209. The molecule has 2 N–H and O–H groups in total. The van der Waals surface area contributed by atoms with E-state index in [4.69, 9.17) is 5.11 Å². The molecule has 0 radical (unpaired) electrons. The fourth-order valence-electron chi connectivity index (χ4n) is 1.09. The minimum atomic E-state index is -0.751. The Bertz CT molecular complexity index is 314. The summed E-state index contributed by atoms with van der Waals surface area (Å²) in [5, 5.41) is 11.6. The minimum Gasteiger partial charge on any atom is -0.481 e. The molecule has 0 aliphatic rings. The number of nitrogens with one attached hydrogen (secondary N) is 1. The summed E-state index contributed by atoms with van der Waals surface area (Å²) in [5.41, 5.74) is 0.952. The quantitative estimate of drug-likeness (QED) is 0.776. The van der Waals surface area contributed by atoms with Crippen LogP contribution in [0.4, 0.5) is 0 Å². The molecule has 1 aromatic rings. The number of carbonyl (C=O) groups is 1.